The summed E-state index contributed by atoms with van der Waals surface area (Å²) in [6.07, 6.45) is 2.66. The fourth-order valence-corrected chi connectivity index (χ4v) is 3.25. The highest BCUT2D eigenvalue weighted by molar-refractivity contribution is 7.07. The molecule has 1 fully saturated rings. The van der Waals surface area contributed by atoms with Crippen LogP contribution < -0.4 is 5.73 Å². The summed E-state index contributed by atoms with van der Waals surface area (Å²) in [4.78, 5) is 13.7. The van der Waals surface area contributed by atoms with Crippen molar-refractivity contribution in [1.82, 2.24) is 4.90 Å². The third kappa shape index (κ3) is 3.30. The quantitative estimate of drug-likeness (QED) is 0.892. The van der Waals surface area contributed by atoms with Gasteiger partial charge >= 0.3 is 0 Å². The molecule has 2 rings (SSSR count). The number of hydrogen-bond acceptors (Lipinski definition) is 3. The Morgan fingerprint density at radius 2 is 2.41 bits per heavy atom. The average molecular weight is 252 g/mol. The van der Waals surface area contributed by atoms with Crippen LogP contribution in [-0.2, 0) is 11.2 Å². The first-order chi connectivity index (χ1) is 8.19. The molecular formula is C13H20N2OS. The predicted molar refractivity (Wildman–Crippen MR) is 71.0 cm³/mol. The van der Waals surface area contributed by atoms with Crippen LogP contribution in [0.5, 0.6) is 0 Å². The van der Waals surface area contributed by atoms with Crippen LogP contribution in [0.25, 0.3) is 0 Å². The smallest absolute Gasteiger partial charge is 0.222 e. The van der Waals surface area contributed by atoms with Gasteiger partial charge in [-0.3, -0.25) is 4.79 Å². The van der Waals surface area contributed by atoms with Gasteiger partial charge in [-0.2, -0.15) is 11.3 Å². The Morgan fingerprint density at radius 3 is 3.06 bits per heavy atom. The number of hydrogen-bond donors (Lipinski definition) is 1. The number of rotatable bonds is 3. The van der Waals surface area contributed by atoms with E-state index in [4.69, 9.17) is 5.73 Å². The molecule has 1 aliphatic rings. The van der Waals surface area contributed by atoms with Crippen LogP contribution in [0.3, 0.4) is 0 Å². The number of amides is 1. The van der Waals surface area contributed by atoms with Crippen molar-refractivity contribution in [2.24, 2.45) is 11.7 Å². The summed E-state index contributed by atoms with van der Waals surface area (Å²) in [6.45, 7) is 3.51. The Bertz CT molecular complexity index is 364. The van der Waals surface area contributed by atoms with Crippen LogP contribution in [0, 0.1) is 5.92 Å². The van der Waals surface area contributed by atoms with Gasteiger partial charge in [0.15, 0.2) is 0 Å². The van der Waals surface area contributed by atoms with E-state index in [1.165, 1.54) is 5.56 Å². The number of piperidine rings is 1. The van der Waals surface area contributed by atoms with Gasteiger partial charge < -0.3 is 10.6 Å². The molecule has 2 atom stereocenters. The molecule has 2 heterocycles. The van der Waals surface area contributed by atoms with E-state index in [0.717, 1.165) is 25.9 Å². The monoisotopic (exact) mass is 252 g/mol. The molecule has 3 nitrogen and oxygen atoms in total. The first kappa shape index (κ1) is 12.6. The van der Waals surface area contributed by atoms with E-state index in [1.807, 2.05) is 11.8 Å². The Hall–Kier alpha value is -0.870. The molecule has 0 aromatic carbocycles. The summed E-state index contributed by atoms with van der Waals surface area (Å²) >= 11 is 1.73. The minimum absolute atomic E-state index is 0.142. The molecule has 17 heavy (non-hydrogen) atoms. The normalized spacial score (nSPS) is 24.9. The summed E-state index contributed by atoms with van der Waals surface area (Å²) in [5.74, 6) is 0.749. The lowest BCUT2D eigenvalue weighted by Gasteiger charge is -2.36. The molecule has 2 N–H and O–H groups in total. The van der Waals surface area contributed by atoms with E-state index < -0.39 is 0 Å². The number of carbonyl (C=O) groups excluding carboxylic acids is 1. The van der Waals surface area contributed by atoms with Crippen LogP contribution in [0.2, 0.25) is 0 Å². The Morgan fingerprint density at radius 1 is 1.59 bits per heavy atom. The van der Waals surface area contributed by atoms with Gasteiger partial charge in [0.05, 0.1) is 0 Å². The zero-order valence-electron chi connectivity index (χ0n) is 10.3. The predicted octanol–water partition coefficient (Wildman–Crippen LogP) is 1.88. The zero-order chi connectivity index (χ0) is 12.3. The lowest BCUT2D eigenvalue weighted by atomic mass is 9.90. The molecule has 1 aromatic rings. The molecule has 0 radical (unpaired) electrons. The molecule has 0 bridgehead atoms. The Balaban J connectivity index is 1.96. The molecule has 0 spiro atoms. The first-order valence-corrected chi connectivity index (χ1v) is 7.17. The van der Waals surface area contributed by atoms with Gasteiger partial charge in [0.25, 0.3) is 0 Å². The molecule has 1 aromatic heterocycles. The maximum absolute atomic E-state index is 11.7. The maximum Gasteiger partial charge on any atom is 0.222 e. The SMILES string of the molecule is CCC(=O)N1CC(N)CC(Cc2ccsc2)C1. The minimum Gasteiger partial charge on any atom is -0.341 e. The van der Waals surface area contributed by atoms with Gasteiger partial charge in [0, 0.05) is 25.6 Å². The van der Waals surface area contributed by atoms with Crippen LogP contribution in [0.1, 0.15) is 25.3 Å². The van der Waals surface area contributed by atoms with Crippen molar-refractivity contribution >= 4 is 17.2 Å². The second-order valence-electron chi connectivity index (χ2n) is 4.85. The van der Waals surface area contributed by atoms with Crippen LogP contribution in [0.4, 0.5) is 0 Å². The number of likely N-dealkylation sites (tertiary alicyclic amines) is 1. The van der Waals surface area contributed by atoms with Crippen LogP contribution >= 0.6 is 11.3 Å². The summed E-state index contributed by atoms with van der Waals surface area (Å²) < 4.78 is 0. The lowest BCUT2D eigenvalue weighted by molar-refractivity contribution is -0.133. The summed E-state index contributed by atoms with van der Waals surface area (Å²) in [6, 6.07) is 2.31. The third-order valence-corrected chi connectivity index (χ3v) is 4.06. The highest BCUT2D eigenvalue weighted by Crippen LogP contribution is 2.22. The van der Waals surface area contributed by atoms with E-state index in [2.05, 4.69) is 16.8 Å². The lowest BCUT2D eigenvalue weighted by Crippen LogP contribution is -2.49. The molecule has 94 valence electrons. The van der Waals surface area contributed by atoms with E-state index in [-0.39, 0.29) is 11.9 Å². The number of thiophene rings is 1. The van der Waals surface area contributed by atoms with E-state index in [0.29, 0.717) is 12.3 Å². The number of carbonyl (C=O) groups is 1. The number of nitrogens with two attached hydrogens (primary N) is 1. The summed E-state index contributed by atoms with van der Waals surface area (Å²) in [5.41, 5.74) is 7.42. The fourth-order valence-electron chi connectivity index (χ4n) is 2.56. The molecular weight excluding hydrogens is 232 g/mol. The van der Waals surface area contributed by atoms with Gasteiger partial charge in [-0.1, -0.05) is 6.92 Å². The van der Waals surface area contributed by atoms with Crippen molar-refractivity contribution < 1.29 is 4.79 Å². The van der Waals surface area contributed by atoms with Crippen molar-refractivity contribution in [1.29, 1.82) is 0 Å². The van der Waals surface area contributed by atoms with Gasteiger partial charge in [-0.05, 0) is 41.1 Å². The van der Waals surface area contributed by atoms with Gasteiger partial charge in [0.1, 0.15) is 0 Å². The van der Waals surface area contributed by atoms with Crippen molar-refractivity contribution in [3.05, 3.63) is 22.4 Å². The van der Waals surface area contributed by atoms with Crippen LogP contribution in [0.15, 0.2) is 16.8 Å². The Labute approximate surface area is 107 Å². The maximum atomic E-state index is 11.7. The van der Waals surface area contributed by atoms with Crippen LogP contribution in [-0.4, -0.2) is 29.9 Å². The van der Waals surface area contributed by atoms with Gasteiger partial charge in [-0.15, -0.1) is 0 Å². The first-order valence-electron chi connectivity index (χ1n) is 6.23. The fraction of sp³-hybridized carbons (Fsp3) is 0.615. The summed E-state index contributed by atoms with van der Waals surface area (Å²) in [7, 11) is 0. The Kier molecular flexibility index (Phi) is 4.18. The van der Waals surface area contributed by atoms with Crippen molar-refractivity contribution in [2.75, 3.05) is 13.1 Å². The standard InChI is InChI=1S/C13H20N2OS/c1-2-13(16)15-7-11(6-12(14)8-15)5-10-3-4-17-9-10/h3-4,9,11-12H,2,5-8,14H2,1H3. The minimum atomic E-state index is 0.142. The number of nitrogens with zero attached hydrogens (tertiary/aromatic N) is 1. The largest absolute Gasteiger partial charge is 0.341 e. The van der Waals surface area contributed by atoms with Gasteiger partial charge in [0.2, 0.25) is 5.91 Å². The van der Waals surface area contributed by atoms with Crippen molar-refractivity contribution in [3.63, 3.8) is 0 Å². The average Bonchev–Trinajstić information content (AvgIpc) is 2.80. The topological polar surface area (TPSA) is 46.3 Å². The molecule has 2 unspecified atom stereocenters. The zero-order valence-corrected chi connectivity index (χ0v) is 11.1. The molecule has 0 saturated carbocycles. The summed E-state index contributed by atoms with van der Waals surface area (Å²) in [5, 5.41) is 4.29. The molecule has 1 amide bonds. The highest BCUT2D eigenvalue weighted by Gasteiger charge is 2.27. The van der Waals surface area contributed by atoms with E-state index in [1.54, 1.807) is 11.3 Å². The van der Waals surface area contributed by atoms with E-state index in [9.17, 15) is 4.79 Å². The van der Waals surface area contributed by atoms with Gasteiger partial charge in [-0.25, -0.2) is 0 Å². The third-order valence-electron chi connectivity index (χ3n) is 3.33. The molecule has 1 saturated heterocycles. The molecule has 4 heteroatoms. The van der Waals surface area contributed by atoms with E-state index >= 15 is 0 Å². The van der Waals surface area contributed by atoms with Crippen molar-refractivity contribution in [2.45, 2.75) is 32.2 Å². The second kappa shape index (κ2) is 5.65. The second-order valence-corrected chi connectivity index (χ2v) is 5.63. The molecule has 0 aliphatic carbocycles. The van der Waals surface area contributed by atoms with Crippen molar-refractivity contribution in [3.8, 4) is 0 Å². The molecule has 1 aliphatic heterocycles. The highest BCUT2D eigenvalue weighted by atomic mass is 32.1.